The van der Waals surface area contributed by atoms with E-state index >= 15 is 0 Å². The number of nitrogens with one attached hydrogen (secondary N) is 2. The van der Waals surface area contributed by atoms with Crippen LogP contribution in [0.15, 0.2) is 24.7 Å². The van der Waals surface area contributed by atoms with Crippen molar-refractivity contribution in [1.82, 2.24) is 25.3 Å². The third-order valence-electron chi connectivity index (χ3n) is 4.16. The zero-order chi connectivity index (χ0) is 19.6. The lowest BCUT2D eigenvalue weighted by Crippen LogP contribution is -2.39. The second-order valence-corrected chi connectivity index (χ2v) is 6.75. The molecule has 3 heterocycles. The Hall–Kier alpha value is -2.97. The first-order valence-electron chi connectivity index (χ1n) is 8.30. The summed E-state index contributed by atoms with van der Waals surface area (Å²) in [7, 11) is 0. The number of carbonyl (C=O) groups is 1. The van der Waals surface area contributed by atoms with Gasteiger partial charge in [0.25, 0.3) is 0 Å². The normalized spacial score (nSPS) is 11.7. The zero-order valence-corrected chi connectivity index (χ0v) is 14.8. The van der Waals surface area contributed by atoms with E-state index in [1.54, 1.807) is 20.0 Å². The number of alkyl halides is 1. The van der Waals surface area contributed by atoms with Crippen LogP contribution in [0.5, 0.6) is 0 Å². The number of hydrogen-bond donors (Lipinski definition) is 2. The minimum atomic E-state index is -1.00. The highest BCUT2D eigenvalue weighted by atomic mass is 19.1. The molecular formula is C18H22F3N5O. The molecule has 0 unspecified atom stereocenters. The number of pyridine rings is 1. The number of aromatic amines is 1. The van der Waals surface area contributed by atoms with Crippen LogP contribution in [0, 0.1) is 17.0 Å². The lowest BCUT2D eigenvalue weighted by molar-refractivity contribution is -0.129. The van der Waals surface area contributed by atoms with Gasteiger partial charge < -0.3 is 10.3 Å². The summed E-state index contributed by atoms with van der Waals surface area (Å²) in [5.74, 6) is -1.39. The number of halogens is 3. The molecule has 1 amide bonds. The van der Waals surface area contributed by atoms with Gasteiger partial charge in [0.1, 0.15) is 18.1 Å². The highest BCUT2D eigenvalue weighted by molar-refractivity contribution is 5.91. The van der Waals surface area contributed by atoms with Gasteiger partial charge in [0.15, 0.2) is 11.6 Å². The fourth-order valence-electron chi connectivity index (χ4n) is 2.72. The highest BCUT2D eigenvalue weighted by Crippen LogP contribution is 2.28. The molecule has 0 bridgehead atoms. The summed E-state index contributed by atoms with van der Waals surface area (Å²) in [4.78, 5) is 27.2. The molecule has 3 aromatic heterocycles. The van der Waals surface area contributed by atoms with Crippen molar-refractivity contribution in [1.29, 1.82) is 0 Å². The van der Waals surface area contributed by atoms with Crippen LogP contribution in [0.3, 0.4) is 0 Å². The van der Waals surface area contributed by atoms with Crippen LogP contribution in [-0.2, 0) is 11.2 Å². The number of nitrogens with zero attached hydrogens (tertiary/aromatic N) is 3. The summed E-state index contributed by atoms with van der Waals surface area (Å²) in [5.41, 5.74) is -0.0426. The summed E-state index contributed by atoms with van der Waals surface area (Å²) in [5, 5.41) is 2.92. The molecule has 2 N–H and O–H groups in total. The van der Waals surface area contributed by atoms with Crippen LogP contribution < -0.4 is 5.32 Å². The summed E-state index contributed by atoms with van der Waals surface area (Å²) < 4.78 is 40.0. The summed E-state index contributed by atoms with van der Waals surface area (Å²) in [6, 6.07) is 1.29. The number of aromatic nitrogens is 4. The summed E-state index contributed by atoms with van der Waals surface area (Å²) in [6.07, 6.45) is 3.64. The number of H-pyrrole nitrogens is 1. The van der Waals surface area contributed by atoms with Gasteiger partial charge in [0.05, 0.1) is 18.1 Å². The van der Waals surface area contributed by atoms with Crippen molar-refractivity contribution in [3.63, 3.8) is 0 Å². The monoisotopic (exact) mass is 381 g/mol. The van der Waals surface area contributed by atoms with Gasteiger partial charge >= 0.3 is 0 Å². The van der Waals surface area contributed by atoms with E-state index in [1.807, 2.05) is 0 Å². The van der Waals surface area contributed by atoms with Crippen LogP contribution in [0.4, 0.5) is 13.2 Å². The largest absolute Gasteiger partial charge is 0.353 e. The predicted molar refractivity (Wildman–Crippen MR) is 97.7 cm³/mol. The van der Waals surface area contributed by atoms with Crippen molar-refractivity contribution in [3.05, 3.63) is 42.0 Å². The van der Waals surface area contributed by atoms with E-state index in [2.05, 4.69) is 25.3 Å². The number of amides is 1. The third-order valence-corrected chi connectivity index (χ3v) is 4.16. The Balaban J connectivity index is 0.00000210. The molecule has 0 saturated carbocycles. The molecule has 0 aliphatic heterocycles. The Morgan fingerprint density at radius 1 is 1.30 bits per heavy atom. The van der Waals surface area contributed by atoms with Crippen LogP contribution in [0.1, 0.15) is 22.4 Å². The average Bonchev–Trinajstić information content (AvgIpc) is 3.04. The van der Waals surface area contributed by atoms with Gasteiger partial charge in [-0.15, -0.1) is 0 Å². The maximum absolute atomic E-state index is 14.2. The smallest absolute Gasteiger partial charge is 0.226 e. The second-order valence-electron chi connectivity index (χ2n) is 6.75. The van der Waals surface area contributed by atoms with Gasteiger partial charge in [-0.1, -0.05) is 13.8 Å². The first-order chi connectivity index (χ1) is 12.8. The lowest BCUT2D eigenvalue weighted by Gasteiger charge is -2.23. The first-order valence-corrected chi connectivity index (χ1v) is 8.30. The molecular weight excluding hydrogens is 359 g/mol. The van der Waals surface area contributed by atoms with E-state index in [4.69, 9.17) is 0 Å². The van der Waals surface area contributed by atoms with Crippen molar-refractivity contribution in [2.75, 3.05) is 13.2 Å². The molecule has 146 valence electrons. The zero-order valence-electron chi connectivity index (χ0n) is 14.8. The maximum atomic E-state index is 14.2. The SMILES string of the molecule is CC(C)(Cc1nc(-c2c[nH]c3ncc(F)cc23)ncc1F)C(=O)NCCF.[HH].[HH]. The summed E-state index contributed by atoms with van der Waals surface area (Å²) >= 11 is 0. The van der Waals surface area contributed by atoms with E-state index in [-0.39, 0.29) is 27.3 Å². The van der Waals surface area contributed by atoms with Crippen molar-refractivity contribution >= 4 is 16.9 Å². The molecule has 0 aliphatic rings. The Morgan fingerprint density at radius 2 is 2.07 bits per heavy atom. The molecule has 3 aromatic rings. The van der Waals surface area contributed by atoms with Gasteiger partial charge in [-0.3, -0.25) is 4.79 Å². The van der Waals surface area contributed by atoms with Crippen LogP contribution in [0.25, 0.3) is 22.4 Å². The van der Waals surface area contributed by atoms with Gasteiger partial charge in [-0.05, 0) is 6.07 Å². The van der Waals surface area contributed by atoms with E-state index in [0.29, 0.717) is 16.6 Å². The average molecular weight is 381 g/mol. The quantitative estimate of drug-likeness (QED) is 0.685. The first kappa shape index (κ1) is 18.8. The Bertz CT molecular complexity index is 997. The molecule has 6 nitrogen and oxygen atoms in total. The topological polar surface area (TPSA) is 83.6 Å². The van der Waals surface area contributed by atoms with Crippen molar-refractivity contribution in [2.45, 2.75) is 20.3 Å². The fourth-order valence-corrected chi connectivity index (χ4v) is 2.72. The van der Waals surface area contributed by atoms with Gasteiger partial charge in [0, 0.05) is 38.4 Å². The fraction of sp³-hybridized carbons (Fsp3) is 0.333. The molecule has 0 aromatic carbocycles. The molecule has 0 atom stereocenters. The van der Waals surface area contributed by atoms with Crippen LogP contribution in [0.2, 0.25) is 0 Å². The van der Waals surface area contributed by atoms with Crippen molar-refractivity contribution in [2.24, 2.45) is 5.41 Å². The predicted octanol–water partition coefficient (Wildman–Crippen LogP) is 3.44. The van der Waals surface area contributed by atoms with Gasteiger partial charge in [-0.2, -0.15) is 0 Å². The number of rotatable bonds is 6. The molecule has 0 radical (unpaired) electrons. The minimum Gasteiger partial charge on any atom is -0.353 e. The Labute approximate surface area is 156 Å². The Morgan fingerprint density at radius 3 is 2.81 bits per heavy atom. The number of carbonyl (C=O) groups excluding carboxylic acids is 1. The van der Waals surface area contributed by atoms with Crippen LogP contribution >= 0.6 is 0 Å². The minimum absolute atomic E-state index is 0. The molecule has 0 aliphatic carbocycles. The van der Waals surface area contributed by atoms with E-state index < -0.39 is 29.6 Å². The molecule has 27 heavy (non-hydrogen) atoms. The number of hydrogen-bond acceptors (Lipinski definition) is 4. The number of fused-ring (bicyclic) bond motifs is 1. The molecule has 0 spiro atoms. The van der Waals surface area contributed by atoms with E-state index in [9.17, 15) is 18.0 Å². The van der Waals surface area contributed by atoms with Crippen LogP contribution in [-0.4, -0.2) is 39.1 Å². The third kappa shape index (κ3) is 3.91. The van der Waals surface area contributed by atoms with Gasteiger partial charge in [-0.25, -0.2) is 28.1 Å². The van der Waals surface area contributed by atoms with Crippen molar-refractivity contribution in [3.8, 4) is 11.4 Å². The second kappa shape index (κ2) is 7.34. The van der Waals surface area contributed by atoms with E-state index in [0.717, 1.165) is 12.4 Å². The highest BCUT2D eigenvalue weighted by Gasteiger charge is 2.30. The lowest BCUT2D eigenvalue weighted by atomic mass is 9.86. The summed E-state index contributed by atoms with van der Waals surface area (Å²) in [6.45, 7) is 2.45. The van der Waals surface area contributed by atoms with E-state index in [1.165, 1.54) is 6.07 Å². The molecule has 9 heteroatoms. The van der Waals surface area contributed by atoms with Crippen molar-refractivity contribution < 1.29 is 20.8 Å². The van der Waals surface area contributed by atoms with Gasteiger partial charge in [0.2, 0.25) is 5.91 Å². The molecule has 3 rings (SSSR count). The maximum Gasteiger partial charge on any atom is 0.226 e. The molecule has 0 fully saturated rings. The molecule has 0 saturated heterocycles. The standard InChI is InChI=1S/C18H18F3N5O.2H2/c1-18(2,17(27)22-4-3-19)6-14-13(21)9-25-16(26-14)12-8-24-15-11(12)5-10(20)7-23-15;;/h5,7-9H,3-4,6H2,1-2H3,(H,22,27)(H,23,24);2*1H. The Kier molecular flexibility index (Phi) is 5.11.